The van der Waals surface area contributed by atoms with Gasteiger partial charge in [-0.1, -0.05) is 66.2 Å². The zero-order valence-electron chi connectivity index (χ0n) is 12.7. The van der Waals surface area contributed by atoms with E-state index in [2.05, 4.69) is 83.6 Å². The SMILES string of the molecule is CC(C)c1ccc(CC2(c3cccc(Br)c3)CNC2)cc1. The topological polar surface area (TPSA) is 12.0 Å². The molecule has 0 saturated carbocycles. The minimum atomic E-state index is 0.253. The fraction of sp³-hybridized carbons (Fsp3) is 0.368. The van der Waals surface area contributed by atoms with Crippen molar-refractivity contribution in [2.45, 2.75) is 31.6 Å². The molecule has 0 unspecified atom stereocenters. The second kappa shape index (κ2) is 5.94. The fourth-order valence-corrected chi connectivity index (χ4v) is 3.49. The molecular formula is C19H22BrN. The zero-order valence-corrected chi connectivity index (χ0v) is 14.3. The Bertz CT molecular complexity index is 612. The van der Waals surface area contributed by atoms with E-state index in [1.54, 1.807) is 0 Å². The Morgan fingerprint density at radius 1 is 1.10 bits per heavy atom. The molecule has 1 heterocycles. The van der Waals surface area contributed by atoms with E-state index in [0.717, 1.165) is 19.5 Å². The highest BCUT2D eigenvalue weighted by Crippen LogP contribution is 2.34. The molecule has 1 aliphatic rings. The van der Waals surface area contributed by atoms with Gasteiger partial charge in [-0.2, -0.15) is 0 Å². The maximum Gasteiger partial charge on any atom is 0.0243 e. The molecule has 0 aliphatic carbocycles. The van der Waals surface area contributed by atoms with Gasteiger partial charge in [-0.3, -0.25) is 0 Å². The fourth-order valence-electron chi connectivity index (χ4n) is 3.09. The van der Waals surface area contributed by atoms with Crippen LogP contribution in [-0.2, 0) is 11.8 Å². The smallest absolute Gasteiger partial charge is 0.0243 e. The molecule has 1 nitrogen and oxygen atoms in total. The zero-order chi connectivity index (χ0) is 14.9. The van der Waals surface area contributed by atoms with Crippen LogP contribution in [-0.4, -0.2) is 13.1 Å². The lowest BCUT2D eigenvalue weighted by Gasteiger charge is -2.43. The van der Waals surface area contributed by atoms with Crippen molar-refractivity contribution >= 4 is 15.9 Å². The summed E-state index contributed by atoms with van der Waals surface area (Å²) in [5, 5.41) is 3.45. The van der Waals surface area contributed by atoms with Crippen molar-refractivity contribution in [2.75, 3.05) is 13.1 Å². The number of hydrogen-bond donors (Lipinski definition) is 1. The molecule has 2 aromatic carbocycles. The molecule has 0 atom stereocenters. The van der Waals surface area contributed by atoms with Gasteiger partial charge in [0.05, 0.1) is 0 Å². The molecule has 0 spiro atoms. The third-order valence-corrected chi connectivity index (χ3v) is 5.05. The van der Waals surface area contributed by atoms with Crippen LogP contribution in [0.2, 0.25) is 0 Å². The average molecular weight is 344 g/mol. The van der Waals surface area contributed by atoms with Crippen molar-refractivity contribution in [3.63, 3.8) is 0 Å². The third kappa shape index (κ3) is 3.07. The predicted molar refractivity (Wildman–Crippen MR) is 92.9 cm³/mol. The van der Waals surface area contributed by atoms with Crippen LogP contribution in [0.4, 0.5) is 0 Å². The summed E-state index contributed by atoms with van der Waals surface area (Å²) in [4.78, 5) is 0. The first-order valence-electron chi connectivity index (χ1n) is 7.65. The van der Waals surface area contributed by atoms with Gasteiger partial charge in [-0.15, -0.1) is 0 Å². The summed E-state index contributed by atoms with van der Waals surface area (Å²) in [5.74, 6) is 0.600. The number of rotatable bonds is 4. The Hall–Kier alpha value is -1.12. The van der Waals surface area contributed by atoms with Gasteiger partial charge in [0.25, 0.3) is 0 Å². The van der Waals surface area contributed by atoms with Crippen LogP contribution in [0.5, 0.6) is 0 Å². The van der Waals surface area contributed by atoms with Crippen LogP contribution < -0.4 is 5.32 Å². The first-order chi connectivity index (χ1) is 10.1. The molecule has 0 radical (unpaired) electrons. The number of halogens is 1. The molecule has 0 aromatic heterocycles. The van der Waals surface area contributed by atoms with Gasteiger partial charge in [0.15, 0.2) is 0 Å². The maximum atomic E-state index is 3.60. The summed E-state index contributed by atoms with van der Waals surface area (Å²) in [5.41, 5.74) is 4.54. The lowest BCUT2D eigenvalue weighted by molar-refractivity contribution is 0.274. The van der Waals surface area contributed by atoms with E-state index >= 15 is 0 Å². The van der Waals surface area contributed by atoms with E-state index in [1.807, 2.05) is 0 Å². The van der Waals surface area contributed by atoms with Gasteiger partial charge in [0.1, 0.15) is 0 Å². The number of hydrogen-bond acceptors (Lipinski definition) is 1. The van der Waals surface area contributed by atoms with E-state index in [9.17, 15) is 0 Å². The van der Waals surface area contributed by atoms with Crippen LogP contribution in [0.25, 0.3) is 0 Å². The Morgan fingerprint density at radius 2 is 1.81 bits per heavy atom. The second-order valence-corrected chi connectivity index (χ2v) is 7.38. The first-order valence-corrected chi connectivity index (χ1v) is 8.44. The van der Waals surface area contributed by atoms with E-state index in [-0.39, 0.29) is 5.41 Å². The summed E-state index contributed by atoms with van der Waals surface area (Å²) in [6, 6.07) is 17.9. The molecule has 1 N–H and O–H groups in total. The molecule has 0 bridgehead atoms. The first kappa shape index (κ1) is 14.8. The molecule has 2 heteroatoms. The van der Waals surface area contributed by atoms with Crippen LogP contribution >= 0.6 is 15.9 Å². The second-order valence-electron chi connectivity index (χ2n) is 6.47. The van der Waals surface area contributed by atoms with E-state index in [1.165, 1.54) is 21.2 Å². The summed E-state index contributed by atoms with van der Waals surface area (Å²) in [6.45, 7) is 6.62. The van der Waals surface area contributed by atoms with Gasteiger partial charge in [-0.25, -0.2) is 0 Å². The highest BCUT2D eigenvalue weighted by atomic mass is 79.9. The summed E-state index contributed by atoms with van der Waals surface area (Å²) in [7, 11) is 0. The Morgan fingerprint density at radius 3 is 2.33 bits per heavy atom. The van der Waals surface area contributed by atoms with Crippen molar-refractivity contribution in [1.82, 2.24) is 5.32 Å². The van der Waals surface area contributed by atoms with Crippen LogP contribution in [0.15, 0.2) is 53.0 Å². The Balaban J connectivity index is 1.84. The normalized spacial score (nSPS) is 16.8. The molecule has 21 heavy (non-hydrogen) atoms. The quantitative estimate of drug-likeness (QED) is 0.851. The lowest BCUT2D eigenvalue weighted by Crippen LogP contribution is -2.58. The molecule has 1 aliphatic heterocycles. The summed E-state index contributed by atoms with van der Waals surface area (Å²) in [6.07, 6.45) is 1.11. The van der Waals surface area contributed by atoms with Gasteiger partial charge in [0.2, 0.25) is 0 Å². The number of nitrogens with one attached hydrogen (secondary N) is 1. The monoisotopic (exact) mass is 343 g/mol. The Kier molecular flexibility index (Phi) is 4.19. The van der Waals surface area contributed by atoms with Crippen molar-refractivity contribution < 1.29 is 0 Å². The number of benzene rings is 2. The predicted octanol–water partition coefficient (Wildman–Crippen LogP) is 4.66. The highest BCUT2D eigenvalue weighted by Gasteiger charge is 2.38. The molecule has 3 rings (SSSR count). The van der Waals surface area contributed by atoms with Gasteiger partial charge >= 0.3 is 0 Å². The summed E-state index contributed by atoms with van der Waals surface area (Å²) >= 11 is 3.60. The molecule has 1 saturated heterocycles. The van der Waals surface area contributed by atoms with Crippen LogP contribution in [0.3, 0.4) is 0 Å². The van der Waals surface area contributed by atoms with Crippen molar-refractivity contribution in [1.29, 1.82) is 0 Å². The Labute approximate surface area is 135 Å². The van der Waals surface area contributed by atoms with Gasteiger partial charge in [0, 0.05) is 23.0 Å². The van der Waals surface area contributed by atoms with Crippen molar-refractivity contribution in [3.05, 3.63) is 69.7 Å². The lowest BCUT2D eigenvalue weighted by atomic mass is 9.71. The largest absolute Gasteiger partial charge is 0.315 e. The van der Waals surface area contributed by atoms with E-state index in [0.29, 0.717) is 5.92 Å². The van der Waals surface area contributed by atoms with Crippen LogP contribution in [0.1, 0.15) is 36.5 Å². The molecule has 2 aromatic rings. The minimum absolute atomic E-state index is 0.253. The van der Waals surface area contributed by atoms with Crippen LogP contribution in [0, 0.1) is 0 Å². The van der Waals surface area contributed by atoms with E-state index in [4.69, 9.17) is 0 Å². The highest BCUT2D eigenvalue weighted by molar-refractivity contribution is 9.10. The standard InChI is InChI=1S/C19H22BrN/c1-14(2)16-8-6-15(7-9-16)11-19(12-21-13-19)17-4-3-5-18(20)10-17/h3-10,14,21H,11-13H2,1-2H3. The molecule has 110 valence electrons. The molecule has 0 amide bonds. The van der Waals surface area contributed by atoms with Crippen molar-refractivity contribution in [3.8, 4) is 0 Å². The average Bonchev–Trinajstić information content (AvgIpc) is 2.43. The maximum absolute atomic E-state index is 3.60. The van der Waals surface area contributed by atoms with Gasteiger partial charge in [-0.05, 0) is 41.2 Å². The molecular weight excluding hydrogens is 322 g/mol. The molecule has 1 fully saturated rings. The minimum Gasteiger partial charge on any atom is -0.315 e. The third-order valence-electron chi connectivity index (χ3n) is 4.55. The van der Waals surface area contributed by atoms with E-state index < -0.39 is 0 Å². The van der Waals surface area contributed by atoms with Crippen molar-refractivity contribution in [2.24, 2.45) is 0 Å². The summed E-state index contributed by atoms with van der Waals surface area (Å²) < 4.78 is 1.17. The van der Waals surface area contributed by atoms with Gasteiger partial charge < -0.3 is 5.32 Å².